The summed E-state index contributed by atoms with van der Waals surface area (Å²) in [6, 6.07) is 7.26. The Hall–Kier alpha value is -1.11. The summed E-state index contributed by atoms with van der Waals surface area (Å²) in [4.78, 5) is 23.1. The normalized spacial score (nSPS) is 11.2. The van der Waals surface area contributed by atoms with Crippen LogP contribution in [0.15, 0.2) is 28.7 Å². The molecule has 0 saturated heterocycles. The highest BCUT2D eigenvalue weighted by Crippen LogP contribution is 2.19. The summed E-state index contributed by atoms with van der Waals surface area (Å²) in [6.07, 6.45) is 0.227. The number of likely N-dealkylation sites (N-methyl/N-ethyl adjacent to an activating group) is 1. The van der Waals surface area contributed by atoms with Crippen LogP contribution >= 0.6 is 28.3 Å². The minimum atomic E-state index is -0.310. The van der Waals surface area contributed by atoms with Crippen molar-refractivity contribution in [1.82, 2.24) is 16.0 Å². The fraction of sp³-hybridized carbons (Fsp3) is 0.429. The van der Waals surface area contributed by atoms with Crippen LogP contribution in [0.2, 0.25) is 0 Å². The fourth-order valence-electron chi connectivity index (χ4n) is 1.78. The minimum absolute atomic E-state index is 0. The number of amides is 2. The Morgan fingerprint density at radius 2 is 1.81 bits per heavy atom. The Bertz CT molecular complexity index is 454. The van der Waals surface area contributed by atoms with E-state index in [4.69, 9.17) is 0 Å². The highest BCUT2D eigenvalue weighted by Gasteiger charge is 2.16. The first-order valence-corrected chi connectivity index (χ1v) is 7.26. The third-order valence-corrected chi connectivity index (χ3v) is 3.27. The maximum Gasteiger partial charge on any atom is 0.222 e. The fourth-order valence-corrected chi connectivity index (χ4v) is 2.04. The highest BCUT2D eigenvalue weighted by molar-refractivity contribution is 9.10. The van der Waals surface area contributed by atoms with Crippen LogP contribution in [0.25, 0.3) is 0 Å². The zero-order valence-corrected chi connectivity index (χ0v) is 14.5. The summed E-state index contributed by atoms with van der Waals surface area (Å²) in [7, 11) is 1.83. The zero-order valence-electron chi connectivity index (χ0n) is 12.1. The van der Waals surface area contributed by atoms with Gasteiger partial charge in [0.15, 0.2) is 0 Å². The van der Waals surface area contributed by atoms with Crippen LogP contribution in [-0.4, -0.2) is 32.0 Å². The molecule has 0 saturated carbocycles. The van der Waals surface area contributed by atoms with E-state index in [2.05, 4.69) is 31.9 Å². The molecule has 0 aliphatic heterocycles. The van der Waals surface area contributed by atoms with Gasteiger partial charge in [0.25, 0.3) is 0 Å². The van der Waals surface area contributed by atoms with Crippen molar-refractivity contribution in [3.63, 3.8) is 0 Å². The molecule has 5 nitrogen and oxygen atoms in total. The second kappa shape index (κ2) is 10.6. The Labute approximate surface area is 139 Å². The molecule has 0 fully saturated rings. The van der Waals surface area contributed by atoms with Crippen LogP contribution in [0, 0.1) is 0 Å². The molecule has 1 aromatic carbocycles. The zero-order chi connectivity index (χ0) is 15.0. The Balaban J connectivity index is 0.00000400. The summed E-state index contributed by atoms with van der Waals surface area (Å²) in [6.45, 7) is 2.74. The van der Waals surface area contributed by atoms with Crippen LogP contribution in [0.3, 0.4) is 0 Å². The van der Waals surface area contributed by atoms with Gasteiger partial charge >= 0.3 is 0 Å². The van der Waals surface area contributed by atoms with Gasteiger partial charge in [-0.2, -0.15) is 0 Å². The van der Waals surface area contributed by atoms with Gasteiger partial charge in [0, 0.05) is 24.5 Å². The molecule has 0 aliphatic carbocycles. The van der Waals surface area contributed by atoms with Crippen LogP contribution in [-0.2, 0) is 9.59 Å². The molecule has 2 amide bonds. The molecule has 3 N–H and O–H groups in total. The lowest BCUT2D eigenvalue weighted by Crippen LogP contribution is -2.35. The number of carbonyl (C=O) groups is 2. The number of hydrogen-bond acceptors (Lipinski definition) is 3. The van der Waals surface area contributed by atoms with Gasteiger partial charge in [0.05, 0.1) is 12.5 Å². The maximum absolute atomic E-state index is 11.9. The van der Waals surface area contributed by atoms with Crippen molar-refractivity contribution in [2.75, 3.05) is 20.1 Å². The average Bonchev–Trinajstić information content (AvgIpc) is 2.38. The lowest BCUT2D eigenvalue weighted by molar-refractivity contribution is -0.122. The molecule has 7 heteroatoms. The topological polar surface area (TPSA) is 70.2 Å². The van der Waals surface area contributed by atoms with Crippen molar-refractivity contribution in [3.8, 4) is 0 Å². The van der Waals surface area contributed by atoms with Crippen LogP contribution in [0.4, 0.5) is 0 Å². The van der Waals surface area contributed by atoms with Gasteiger partial charge < -0.3 is 16.0 Å². The summed E-state index contributed by atoms with van der Waals surface area (Å²) >= 11 is 3.36. The van der Waals surface area contributed by atoms with Gasteiger partial charge in [-0.1, -0.05) is 28.1 Å². The molecular formula is C14H21BrClN3O2. The molecule has 21 heavy (non-hydrogen) atoms. The SMILES string of the molecule is CNCCNC(=O)CC(NC(C)=O)c1ccc(Br)cc1.Cl. The van der Waals surface area contributed by atoms with Crippen molar-refractivity contribution in [2.45, 2.75) is 19.4 Å². The van der Waals surface area contributed by atoms with E-state index < -0.39 is 0 Å². The van der Waals surface area contributed by atoms with Crippen molar-refractivity contribution in [2.24, 2.45) is 0 Å². The average molecular weight is 379 g/mol. The molecule has 0 bridgehead atoms. The molecular weight excluding hydrogens is 358 g/mol. The first kappa shape index (κ1) is 19.9. The molecule has 1 atom stereocenters. The summed E-state index contributed by atoms with van der Waals surface area (Å²) in [5, 5.41) is 8.57. The largest absolute Gasteiger partial charge is 0.355 e. The molecule has 0 aliphatic rings. The summed E-state index contributed by atoms with van der Waals surface area (Å²) in [5.41, 5.74) is 0.909. The van der Waals surface area contributed by atoms with Gasteiger partial charge in [-0.05, 0) is 24.7 Å². The predicted molar refractivity (Wildman–Crippen MR) is 89.5 cm³/mol. The van der Waals surface area contributed by atoms with Gasteiger partial charge in [-0.3, -0.25) is 9.59 Å². The third kappa shape index (κ3) is 8.04. The minimum Gasteiger partial charge on any atom is -0.355 e. The molecule has 0 radical (unpaired) electrons. The van der Waals surface area contributed by atoms with Gasteiger partial charge in [-0.25, -0.2) is 0 Å². The quantitative estimate of drug-likeness (QED) is 0.633. The van der Waals surface area contributed by atoms with E-state index in [9.17, 15) is 9.59 Å². The Morgan fingerprint density at radius 1 is 1.19 bits per heavy atom. The molecule has 1 unspecified atom stereocenters. The van der Waals surface area contributed by atoms with Gasteiger partial charge in [0.2, 0.25) is 11.8 Å². The predicted octanol–water partition coefficient (Wildman–Crippen LogP) is 1.77. The van der Waals surface area contributed by atoms with E-state index in [1.165, 1.54) is 6.92 Å². The molecule has 1 aromatic rings. The third-order valence-electron chi connectivity index (χ3n) is 2.74. The Morgan fingerprint density at radius 3 is 2.33 bits per heavy atom. The maximum atomic E-state index is 11.9. The first-order valence-electron chi connectivity index (χ1n) is 6.46. The molecule has 0 spiro atoms. The standard InChI is InChI=1S/C14H20BrN3O2.ClH/c1-10(19)18-13(9-14(20)17-8-7-16-2)11-3-5-12(15)6-4-11;/h3-6,13,16H,7-9H2,1-2H3,(H,17,20)(H,18,19);1H. The second-order valence-electron chi connectivity index (χ2n) is 4.46. The van der Waals surface area contributed by atoms with Crippen LogP contribution < -0.4 is 16.0 Å². The number of nitrogens with one attached hydrogen (secondary N) is 3. The van der Waals surface area contributed by atoms with Crippen LogP contribution in [0.1, 0.15) is 24.9 Å². The molecule has 0 heterocycles. The number of benzene rings is 1. The molecule has 1 rings (SSSR count). The Kier molecular flexibility index (Phi) is 10.0. The lowest BCUT2D eigenvalue weighted by Gasteiger charge is -2.18. The highest BCUT2D eigenvalue weighted by atomic mass is 79.9. The van der Waals surface area contributed by atoms with Crippen molar-refractivity contribution in [1.29, 1.82) is 0 Å². The lowest BCUT2D eigenvalue weighted by atomic mass is 10.0. The van der Waals surface area contributed by atoms with E-state index in [1.54, 1.807) is 0 Å². The van der Waals surface area contributed by atoms with E-state index in [0.717, 1.165) is 16.6 Å². The molecule has 0 aromatic heterocycles. The van der Waals surface area contributed by atoms with Crippen LogP contribution in [0.5, 0.6) is 0 Å². The monoisotopic (exact) mass is 377 g/mol. The first-order chi connectivity index (χ1) is 9.52. The van der Waals surface area contributed by atoms with E-state index in [0.29, 0.717) is 6.54 Å². The molecule has 118 valence electrons. The second-order valence-corrected chi connectivity index (χ2v) is 5.38. The smallest absolute Gasteiger partial charge is 0.222 e. The number of halogens is 2. The summed E-state index contributed by atoms with van der Waals surface area (Å²) < 4.78 is 0.960. The van der Waals surface area contributed by atoms with E-state index in [1.807, 2.05) is 31.3 Å². The number of rotatable bonds is 7. The van der Waals surface area contributed by atoms with Crippen molar-refractivity contribution < 1.29 is 9.59 Å². The van der Waals surface area contributed by atoms with Gasteiger partial charge in [-0.15, -0.1) is 12.4 Å². The summed E-state index contributed by atoms with van der Waals surface area (Å²) in [5.74, 6) is -0.233. The van der Waals surface area contributed by atoms with Crippen molar-refractivity contribution >= 4 is 40.2 Å². The number of carbonyl (C=O) groups excluding carboxylic acids is 2. The van der Waals surface area contributed by atoms with Gasteiger partial charge in [0.1, 0.15) is 0 Å². The number of hydrogen-bond donors (Lipinski definition) is 3. The van der Waals surface area contributed by atoms with E-state index >= 15 is 0 Å². The van der Waals surface area contributed by atoms with E-state index in [-0.39, 0.29) is 36.7 Å². The van der Waals surface area contributed by atoms with Crippen molar-refractivity contribution in [3.05, 3.63) is 34.3 Å².